The fourth-order valence-corrected chi connectivity index (χ4v) is 3.54. The van der Waals surface area contributed by atoms with Crippen LogP contribution in [0.1, 0.15) is 29.8 Å². The van der Waals surface area contributed by atoms with Crippen molar-refractivity contribution < 1.29 is 4.79 Å². The number of rotatable bonds is 6. The number of hydrogen-bond donors (Lipinski definition) is 2. The molecule has 0 aliphatic carbocycles. The summed E-state index contributed by atoms with van der Waals surface area (Å²) in [6, 6.07) is 17.7. The second kappa shape index (κ2) is 7.91. The molecule has 0 saturated carbocycles. The molecular formula is C23H25N5O. The number of hydrogen-bond acceptors (Lipinski definition) is 4. The first-order valence-electron chi connectivity index (χ1n) is 9.91. The van der Waals surface area contributed by atoms with Gasteiger partial charge in [0, 0.05) is 13.1 Å². The van der Waals surface area contributed by atoms with E-state index in [1.54, 1.807) is 0 Å². The number of anilines is 1. The molecule has 29 heavy (non-hydrogen) atoms. The Bertz CT molecular complexity index is 1160. The predicted octanol–water partition coefficient (Wildman–Crippen LogP) is 3.80. The van der Waals surface area contributed by atoms with E-state index in [0.29, 0.717) is 41.6 Å². The minimum atomic E-state index is -0.212. The molecule has 0 bridgehead atoms. The maximum atomic E-state index is 13.0. The van der Waals surface area contributed by atoms with Crippen LogP contribution in [0.2, 0.25) is 0 Å². The maximum Gasteiger partial charge on any atom is 0.257 e. The molecule has 0 radical (unpaired) electrons. The van der Waals surface area contributed by atoms with Crippen LogP contribution in [0.3, 0.4) is 0 Å². The standard InChI is InChI=1S/C23H25N5O/c1-15(2)14-28-21(24)19(23(29)25-13-12-16-8-4-3-5-9-16)20-22(28)27-18-11-7-6-10-17(18)26-20/h3-11,15H,12-14,24H2,1-2H3,(H,25,29). The predicted molar refractivity (Wildman–Crippen MR) is 117 cm³/mol. The molecule has 2 heterocycles. The molecule has 0 fully saturated rings. The van der Waals surface area contributed by atoms with Crippen molar-refractivity contribution >= 4 is 33.9 Å². The lowest BCUT2D eigenvalue weighted by Crippen LogP contribution is -2.26. The van der Waals surface area contributed by atoms with Gasteiger partial charge in [-0.05, 0) is 30.0 Å². The molecule has 4 rings (SSSR count). The summed E-state index contributed by atoms with van der Waals surface area (Å²) in [7, 11) is 0. The zero-order valence-electron chi connectivity index (χ0n) is 16.7. The van der Waals surface area contributed by atoms with E-state index >= 15 is 0 Å². The molecule has 4 aromatic rings. The van der Waals surface area contributed by atoms with Gasteiger partial charge in [-0.15, -0.1) is 0 Å². The van der Waals surface area contributed by atoms with Crippen LogP contribution in [0.15, 0.2) is 54.6 Å². The van der Waals surface area contributed by atoms with Crippen LogP contribution in [0.25, 0.3) is 22.2 Å². The quantitative estimate of drug-likeness (QED) is 0.527. The van der Waals surface area contributed by atoms with E-state index in [9.17, 15) is 4.79 Å². The van der Waals surface area contributed by atoms with Gasteiger partial charge in [-0.2, -0.15) is 0 Å². The number of nitrogens with one attached hydrogen (secondary N) is 1. The molecule has 0 spiro atoms. The molecule has 0 aliphatic heterocycles. The lowest BCUT2D eigenvalue weighted by molar-refractivity contribution is 0.0956. The van der Waals surface area contributed by atoms with E-state index in [0.717, 1.165) is 17.5 Å². The van der Waals surface area contributed by atoms with Gasteiger partial charge in [-0.1, -0.05) is 56.3 Å². The van der Waals surface area contributed by atoms with E-state index in [1.807, 2.05) is 59.2 Å². The van der Waals surface area contributed by atoms with E-state index in [2.05, 4.69) is 19.2 Å². The molecule has 6 heteroatoms. The minimum Gasteiger partial charge on any atom is -0.384 e. The fourth-order valence-electron chi connectivity index (χ4n) is 3.54. The SMILES string of the molecule is CC(C)Cn1c(N)c(C(=O)NCCc2ccccc2)c2nc3ccccc3nc21. The normalized spacial score (nSPS) is 11.4. The van der Waals surface area contributed by atoms with E-state index in [4.69, 9.17) is 15.7 Å². The summed E-state index contributed by atoms with van der Waals surface area (Å²) in [4.78, 5) is 22.5. The molecule has 0 saturated heterocycles. The number of aromatic nitrogens is 3. The Labute approximate surface area is 169 Å². The van der Waals surface area contributed by atoms with Crippen LogP contribution < -0.4 is 11.1 Å². The Kier molecular flexibility index (Phi) is 5.16. The van der Waals surface area contributed by atoms with Gasteiger partial charge in [-0.25, -0.2) is 9.97 Å². The number of nitrogens with two attached hydrogens (primary N) is 1. The van der Waals surface area contributed by atoms with Crippen molar-refractivity contribution in [1.29, 1.82) is 0 Å². The monoisotopic (exact) mass is 387 g/mol. The number of amides is 1. The fraction of sp³-hybridized carbons (Fsp3) is 0.261. The van der Waals surface area contributed by atoms with Gasteiger partial charge in [0.1, 0.15) is 16.9 Å². The average molecular weight is 387 g/mol. The molecular weight excluding hydrogens is 362 g/mol. The number of carbonyl (C=O) groups excluding carboxylic acids is 1. The van der Waals surface area contributed by atoms with E-state index in [-0.39, 0.29) is 5.91 Å². The number of fused-ring (bicyclic) bond motifs is 2. The van der Waals surface area contributed by atoms with Crippen molar-refractivity contribution in [2.45, 2.75) is 26.8 Å². The lowest BCUT2D eigenvalue weighted by atomic mass is 10.1. The summed E-state index contributed by atoms with van der Waals surface area (Å²) >= 11 is 0. The summed E-state index contributed by atoms with van der Waals surface area (Å²) in [6.45, 7) is 5.42. The van der Waals surface area contributed by atoms with Gasteiger partial charge in [0.05, 0.1) is 11.0 Å². The molecule has 148 valence electrons. The lowest BCUT2D eigenvalue weighted by Gasteiger charge is -2.10. The van der Waals surface area contributed by atoms with Gasteiger partial charge in [0.25, 0.3) is 5.91 Å². The number of para-hydroxylation sites is 2. The van der Waals surface area contributed by atoms with Crippen LogP contribution >= 0.6 is 0 Å². The third-order valence-electron chi connectivity index (χ3n) is 4.91. The Balaban J connectivity index is 1.71. The van der Waals surface area contributed by atoms with Crippen molar-refractivity contribution in [3.8, 4) is 0 Å². The van der Waals surface area contributed by atoms with Crippen molar-refractivity contribution in [3.63, 3.8) is 0 Å². The van der Waals surface area contributed by atoms with E-state index in [1.165, 1.54) is 5.56 Å². The molecule has 0 aliphatic rings. The molecule has 1 amide bonds. The van der Waals surface area contributed by atoms with Crippen LogP contribution in [0, 0.1) is 5.92 Å². The topological polar surface area (TPSA) is 85.8 Å². The highest BCUT2D eigenvalue weighted by atomic mass is 16.1. The van der Waals surface area contributed by atoms with Gasteiger partial charge in [-0.3, -0.25) is 4.79 Å². The second-order valence-corrected chi connectivity index (χ2v) is 7.64. The first kappa shape index (κ1) is 18.9. The van der Waals surface area contributed by atoms with E-state index < -0.39 is 0 Å². The molecule has 6 nitrogen and oxygen atoms in total. The minimum absolute atomic E-state index is 0.212. The third kappa shape index (κ3) is 3.78. The largest absolute Gasteiger partial charge is 0.384 e. The summed E-state index contributed by atoms with van der Waals surface area (Å²) in [5.74, 6) is 0.562. The zero-order chi connectivity index (χ0) is 20.4. The Morgan fingerprint density at radius 2 is 1.69 bits per heavy atom. The van der Waals surface area contributed by atoms with Gasteiger partial charge in [0.2, 0.25) is 0 Å². The number of nitrogen functional groups attached to an aromatic ring is 1. The average Bonchev–Trinajstić information content (AvgIpc) is 2.97. The Morgan fingerprint density at radius 1 is 1.03 bits per heavy atom. The van der Waals surface area contributed by atoms with Crippen LogP contribution in [-0.2, 0) is 13.0 Å². The van der Waals surface area contributed by atoms with Crippen molar-refractivity contribution in [2.75, 3.05) is 12.3 Å². The third-order valence-corrected chi connectivity index (χ3v) is 4.91. The summed E-state index contributed by atoms with van der Waals surface area (Å²) in [5, 5.41) is 3.00. The van der Waals surface area contributed by atoms with Crippen LogP contribution in [0.5, 0.6) is 0 Å². The smallest absolute Gasteiger partial charge is 0.257 e. The van der Waals surface area contributed by atoms with Crippen molar-refractivity contribution in [3.05, 3.63) is 65.7 Å². The number of carbonyl (C=O) groups is 1. The van der Waals surface area contributed by atoms with Crippen molar-refractivity contribution in [1.82, 2.24) is 19.9 Å². The van der Waals surface area contributed by atoms with Crippen LogP contribution in [-0.4, -0.2) is 27.0 Å². The summed E-state index contributed by atoms with van der Waals surface area (Å²) < 4.78 is 1.91. The second-order valence-electron chi connectivity index (χ2n) is 7.64. The zero-order valence-corrected chi connectivity index (χ0v) is 16.7. The van der Waals surface area contributed by atoms with Gasteiger partial charge < -0.3 is 15.6 Å². The van der Waals surface area contributed by atoms with Gasteiger partial charge >= 0.3 is 0 Å². The van der Waals surface area contributed by atoms with Crippen LogP contribution in [0.4, 0.5) is 5.82 Å². The van der Waals surface area contributed by atoms with Crippen molar-refractivity contribution in [2.24, 2.45) is 5.92 Å². The first-order chi connectivity index (χ1) is 14.0. The molecule has 0 atom stereocenters. The number of nitrogens with zero attached hydrogens (tertiary/aromatic N) is 3. The highest BCUT2D eigenvalue weighted by Gasteiger charge is 2.24. The highest BCUT2D eigenvalue weighted by Crippen LogP contribution is 2.28. The molecule has 2 aromatic carbocycles. The van der Waals surface area contributed by atoms with Gasteiger partial charge in [0.15, 0.2) is 5.65 Å². The molecule has 2 aromatic heterocycles. The number of benzene rings is 2. The Morgan fingerprint density at radius 3 is 2.38 bits per heavy atom. The maximum absolute atomic E-state index is 13.0. The summed E-state index contributed by atoms with van der Waals surface area (Å²) in [6.07, 6.45) is 0.756. The molecule has 3 N–H and O–H groups in total. The molecule has 0 unspecified atom stereocenters. The Hall–Kier alpha value is -3.41. The first-order valence-corrected chi connectivity index (χ1v) is 9.91. The highest BCUT2D eigenvalue weighted by molar-refractivity contribution is 6.10. The summed E-state index contributed by atoms with van der Waals surface area (Å²) in [5.41, 5.74) is 10.8.